The predicted molar refractivity (Wildman–Crippen MR) is 65.0 cm³/mol. The lowest BCUT2D eigenvalue weighted by Gasteiger charge is -2.23. The number of hydrogen-bond acceptors (Lipinski definition) is 3. The van der Waals surface area contributed by atoms with Crippen LogP contribution >= 0.6 is 0 Å². The summed E-state index contributed by atoms with van der Waals surface area (Å²) in [5, 5.41) is 8.69. The Labute approximate surface area is 99.0 Å². The van der Waals surface area contributed by atoms with Crippen molar-refractivity contribution < 1.29 is 0 Å². The largest absolute Gasteiger partial charge is 0.301 e. The molecule has 0 spiro atoms. The van der Waals surface area contributed by atoms with Gasteiger partial charge in [0.25, 0.3) is 0 Å². The molecule has 1 heterocycles. The lowest BCUT2D eigenvalue weighted by molar-refractivity contribution is 0.233. The molecule has 0 aromatic rings. The molecule has 1 aliphatic heterocycles. The first kappa shape index (κ1) is 11.9. The molecule has 0 amide bonds. The summed E-state index contributed by atoms with van der Waals surface area (Å²) in [7, 11) is 2.08. The van der Waals surface area contributed by atoms with Crippen LogP contribution in [-0.4, -0.2) is 49.1 Å². The minimum Gasteiger partial charge on any atom is -0.301 e. The molecule has 90 valence electrons. The van der Waals surface area contributed by atoms with E-state index in [2.05, 4.69) is 22.9 Å². The zero-order chi connectivity index (χ0) is 11.4. The Kier molecular flexibility index (Phi) is 4.20. The maximum Gasteiger partial charge on any atom is 0.0866 e. The van der Waals surface area contributed by atoms with Gasteiger partial charge >= 0.3 is 0 Å². The van der Waals surface area contributed by atoms with E-state index in [0.29, 0.717) is 12.6 Å². The third-order valence-electron chi connectivity index (χ3n) is 4.18. The van der Waals surface area contributed by atoms with E-state index in [9.17, 15) is 0 Å². The molecule has 2 fully saturated rings. The Morgan fingerprint density at radius 1 is 1.31 bits per heavy atom. The van der Waals surface area contributed by atoms with E-state index in [-0.39, 0.29) is 0 Å². The van der Waals surface area contributed by atoms with Crippen LogP contribution in [0.1, 0.15) is 32.1 Å². The van der Waals surface area contributed by atoms with Crippen LogP contribution < -0.4 is 0 Å². The number of nitrogens with zero attached hydrogens (tertiary/aromatic N) is 3. The van der Waals surface area contributed by atoms with Crippen molar-refractivity contribution in [3.8, 4) is 6.07 Å². The zero-order valence-electron chi connectivity index (χ0n) is 10.4. The second kappa shape index (κ2) is 5.65. The summed E-state index contributed by atoms with van der Waals surface area (Å²) in [5.74, 6) is 0.958. The molecule has 1 unspecified atom stereocenters. The topological polar surface area (TPSA) is 30.3 Å². The summed E-state index contributed by atoms with van der Waals surface area (Å²) in [6.45, 7) is 4.28. The summed E-state index contributed by atoms with van der Waals surface area (Å²) in [5.41, 5.74) is 0. The minimum absolute atomic E-state index is 0.571. The number of nitriles is 1. The average molecular weight is 221 g/mol. The Morgan fingerprint density at radius 2 is 2.06 bits per heavy atom. The summed E-state index contributed by atoms with van der Waals surface area (Å²) < 4.78 is 0. The molecule has 16 heavy (non-hydrogen) atoms. The summed E-state index contributed by atoms with van der Waals surface area (Å²) in [4.78, 5) is 4.81. The van der Waals surface area contributed by atoms with Crippen molar-refractivity contribution in [2.45, 2.75) is 38.1 Å². The van der Waals surface area contributed by atoms with Gasteiger partial charge in [-0.25, -0.2) is 0 Å². The first-order chi connectivity index (χ1) is 7.79. The molecule has 0 radical (unpaired) electrons. The second-order valence-electron chi connectivity index (χ2n) is 5.43. The molecule has 0 aromatic carbocycles. The molecule has 2 aliphatic rings. The SMILES string of the molecule is CN(CC#N)C1CCN(CC2CCCC2)C1. The van der Waals surface area contributed by atoms with E-state index in [1.165, 1.54) is 51.7 Å². The van der Waals surface area contributed by atoms with Gasteiger partial charge in [0.15, 0.2) is 0 Å². The van der Waals surface area contributed by atoms with Crippen LogP contribution in [0.5, 0.6) is 0 Å². The van der Waals surface area contributed by atoms with Crippen molar-refractivity contribution in [1.82, 2.24) is 9.80 Å². The standard InChI is InChI=1S/C13H23N3/c1-15(9-7-14)13-6-8-16(11-13)10-12-4-2-3-5-12/h12-13H,2-6,8-11H2,1H3. The fourth-order valence-corrected chi connectivity index (χ4v) is 3.14. The maximum atomic E-state index is 8.69. The van der Waals surface area contributed by atoms with Crippen molar-refractivity contribution in [3.05, 3.63) is 0 Å². The van der Waals surface area contributed by atoms with Crippen LogP contribution in [-0.2, 0) is 0 Å². The second-order valence-corrected chi connectivity index (χ2v) is 5.43. The van der Waals surface area contributed by atoms with Crippen molar-refractivity contribution in [1.29, 1.82) is 5.26 Å². The lowest BCUT2D eigenvalue weighted by atomic mass is 10.1. The third kappa shape index (κ3) is 2.96. The molecular formula is C13H23N3. The van der Waals surface area contributed by atoms with Crippen LogP contribution in [0.4, 0.5) is 0 Å². The van der Waals surface area contributed by atoms with Crippen molar-refractivity contribution in [2.75, 3.05) is 33.2 Å². The summed E-state index contributed by atoms with van der Waals surface area (Å²) in [6.07, 6.45) is 7.00. The molecule has 3 nitrogen and oxygen atoms in total. The van der Waals surface area contributed by atoms with Gasteiger partial charge in [-0.05, 0) is 38.8 Å². The molecule has 1 saturated carbocycles. The van der Waals surface area contributed by atoms with E-state index < -0.39 is 0 Å². The predicted octanol–water partition coefficient (Wildman–Crippen LogP) is 1.71. The third-order valence-corrected chi connectivity index (χ3v) is 4.18. The van der Waals surface area contributed by atoms with Gasteiger partial charge in [-0.15, -0.1) is 0 Å². The highest BCUT2D eigenvalue weighted by Gasteiger charge is 2.27. The molecule has 2 rings (SSSR count). The van der Waals surface area contributed by atoms with Gasteiger partial charge in [-0.1, -0.05) is 12.8 Å². The van der Waals surface area contributed by atoms with Gasteiger partial charge in [-0.3, -0.25) is 4.90 Å². The van der Waals surface area contributed by atoms with Crippen molar-refractivity contribution >= 4 is 0 Å². The van der Waals surface area contributed by atoms with E-state index in [1.54, 1.807) is 0 Å². The van der Waals surface area contributed by atoms with Gasteiger partial charge in [0.1, 0.15) is 0 Å². The monoisotopic (exact) mass is 221 g/mol. The van der Waals surface area contributed by atoms with E-state index >= 15 is 0 Å². The fraction of sp³-hybridized carbons (Fsp3) is 0.923. The van der Waals surface area contributed by atoms with Crippen molar-refractivity contribution in [3.63, 3.8) is 0 Å². The highest BCUT2D eigenvalue weighted by Crippen LogP contribution is 2.27. The minimum atomic E-state index is 0.571. The van der Waals surface area contributed by atoms with Gasteiger partial charge in [0.2, 0.25) is 0 Å². The van der Waals surface area contributed by atoms with Gasteiger partial charge in [-0.2, -0.15) is 5.26 Å². The number of likely N-dealkylation sites (tertiary alicyclic amines) is 1. The Bertz CT molecular complexity index is 252. The first-order valence-electron chi connectivity index (χ1n) is 6.59. The van der Waals surface area contributed by atoms with Crippen LogP contribution in [0, 0.1) is 17.2 Å². The quantitative estimate of drug-likeness (QED) is 0.677. The van der Waals surface area contributed by atoms with E-state index in [0.717, 1.165) is 5.92 Å². The molecule has 1 saturated heterocycles. The maximum absolute atomic E-state index is 8.69. The fourth-order valence-electron chi connectivity index (χ4n) is 3.14. The zero-order valence-corrected chi connectivity index (χ0v) is 10.4. The molecule has 3 heteroatoms. The van der Waals surface area contributed by atoms with Crippen LogP contribution in [0.15, 0.2) is 0 Å². The molecule has 1 aliphatic carbocycles. The van der Waals surface area contributed by atoms with E-state index in [1.807, 2.05) is 0 Å². The van der Waals surface area contributed by atoms with Crippen LogP contribution in [0.2, 0.25) is 0 Å². The Balaban J connectivity index is 1.72. The number of likely N-dealkylation sites (N-methyl/N-ethyl adjacent to an activating group) is 1. The average Bonchev–Trinajstić information content (AvgIpc) is 2.90. The molecule has 1 atom stereocenters. The van der Waals surface area contributed by atoms with Gasteiger partial charge in [0, 0.05) is 19.1 Å². The van der Waals surface area contributed by atoms with Crippen LogP contribution in [0.25, 0.3) is 0 Å². The lowest BCUT2D eigenvalue weighted by Crippen LogP contribution is -2.35. The van der Waals surface area contributed by atoms with Crippen molar-refractivity contribution in [2.24, 2.45) is 5.92 Å². The number of hydrogen-bond donors (Lipinski definition) is 0. The van der Waals surface area contributed by atoms with Gasteiger partial charge in [0.05, 0.1) is 12.6 Å². The molecule has 0 aromatic heterocycles. The van der Waals surface area contributed by atoms with Crippen LogP contribution in [0.3, 0.4) is 0 Å². The van der Waals surface area contributed by atoms with E-state index in [4.69, 9.17) is 5.26 Å². The summed E-state index contributed by atoms with van der Waals surface area (Å²) >= 11 is 0. The normalized spacial score (nSPS) is 27.7. The first-order valence-corrected chi connectivity index (χ1v) is 6.59. The van der Waals surface area contributed by atoms with Gasteiger partial charge < -0.3 is 4.90 Å². The highest BCUT2D eigenvalue weighted by molar-refractivity contribution is 4.87. The molecule has 0 N–H and O–H groups in total. The summed E-state index contributed by atoms with van der Waals surface area (Å²) in [6, 6.07) is 2.85. The Morgan fingerprint density at radius 3 is 2.75 bits per heavy atom. The smallest absolute Gasteiger partial charge is 0.0866 e. The molecular weight excluding hydrogens is 198 g/mol. The number of rotatable bonds is 4. The highest BCUT2D eigenvalue weighted by atomic mass is 15.2. The molecule has 0 bridgehead atoms. The Hall–Kier alpha value is -0.590.